The quantitative estimate of drug-likeness (QED) is 0.897. The third kappa shape index (κ3) is 3.61. The molecule has 0 saturated carbocycles. The van der Waals surface area contributed by atoms with Gasteiger partial charge in [0, 0.05) is 22.1 Å². The Morgan fingerprint density at radius 3 is 2.84 bits per heavy atom. The average Bonchev–Trinajstić information content (AvgIpc) is 2.72. The van der Waals surface area contributed by atoms with E-state index in [0.717, 1.165) is 28.1 Å². The molecule has 5 heteroatoms. The van der Waals surface area contributed by atoms with Crippen molar-refractivity contribution in [2.24, 2.45) is 5.92 Å². The van der Waals surface area contributed by atoms with Crippen LogP contribution in [-0.4, -0.2) is 17.0 Å². The van der Waals surface area contributed by atoms with Gasteiger partial charge in [0.15, 0.2) is 0 Å². The molecule has 0 unspecified atom stereocenters. The van der Waals surface area contributed by atoms with Crippen molar-refractivity contribution in [3.8, 4) is 10.7 Å². The fourth-order valence-electron chi connectivity index (χ4n) is 1.87. The van der Waals surface area contributed by atoms with Gasteiger partial charge in [-0.05, 0) is 47.4 Å². The standard InChI is InChI=1S/C14H18BrN3S/c1-9(2)7-11-12(8-16-3)19-14(18-11)13-10(15)5-4-6-17-13/h4-6,9,16H,7-8H2,1-3H3. The van der Waals surface area contributed by atoms with Crippen LogP contribution in [0.3, 0.4) is 0 Å². The number of rotatable bonds is 5. The summed E-state index contributed by atoms with van der Waals surface area (Å²) in [6, 6.07) is 3.92. The van der Waals surface area contributed by atoms with Crippen molar-refractivity contribution >= 4 is 27.3 Å². The van der Waals surface area contributed by atoms with Gasteiger partial charge in [-0.1, -0.05) is 13.8 Å². The molecule has 0 aliphatic rings. The lowest BCUT2D eigenvalue weighted by Gasteiger charge is -2.03. The van der Waals surface area contributed by atoms with Gasteiger partial charge in [0.05, 0.1) is 5.69 Å². The molecule has 3 nitrogen and oxygen atoms in total. The Bertz CT molecular complexity index is 551. The summed E-state index contributed by atoms with van der Waals surface area (Å²) in [5.41, 5.74) is 2.13. The summed E-state index contributed by atoms with van der Waals surface area (Å²) in [7, 11) is 1.97. The fraction of sp³-hybridized carbons (Fsp3) is 0.429. The first-order chi connectivity index (χ1) is 9.11. The maximum absolute atomic E-state index is 4.79. The van der Waals surface area contributed by atoms with Gasteiger partial charge in [-0.25, -0.2) is 4.98 Å². The van der Waals surface area contributed by atoms with Crippen LogP contribution in [0.15, 0.2) is 22.8 Å². The second-order valence-corrected chi connectivity index (χ2v) is 6.79. The van der Waals surface area contributed by atoms with Crippen molar-refractivity contribution in [2.45, 2.75) is 26.8 Å². The highest BCUT2D eigenvalue weighted by molar-refractivity contribution is 9.10. The molecule has 2 aromatic heterocycles. The Labute approximate surface area is 126 Å². The first kappa shape index (κ1) is 14.6. The van der Waals surface area contributed by atoms with E-state index >= 15 is 0 Å². The number of nitrogens with one attached hydrogen (secondary N) is 1. The number of hydrogen-bond donors (Lipinski definition) is 1. The summed E-state index contributed by atoms with van der Waals surface area (Å²) in [4.78, 5) is 10.5. The highest BCUT2D eigenvalue weighted by Crippen LogP contribution is 2.32. The van der Waals surface area contributed by atoms with E-state index in [1.165, 1.54) is 10.6 Å². The van der Waals surface area contributed by atoms with Crippen LogP contribution in [0.25, 0.3) is 10.7 Å². The lowest BCUT2D eigenvalue weighted by molar-refractivity contribution is 0.631. The number of halogens is 1. The molecule has 0 spiro atoms. The van der Waals surface area contributed by atoms with Crippen molar-refractivity contribution in [3.63, 3.8) is 0 Å². The lowest BCUT2D eigenvalue weighted by Crippen LogP contribution is -2.07. The van der Waals surface area contributed by atoms with Crippen molar-refractivity contribution in [2.75, 3.05) is 7.05 Å². The van der Waals surface area contributed by atoms with Crippen molar-refractivity contribution in [1.29, 1.82) is 0 Å². The van der Waals surface area contributed by atoms with Crippen LogP contribution in [0.2, 0.25) is 0 Å². The predicted molar refractivity (Wildman–Crippen MR) is 84.4 cm³/mol. The molecule has 2 rings (SSSR count). The van der Waals surface area contributed by atoms with Crippen LogP contribution in [0.5, 0.6) is 0 Å². The molecule has 0 aromatic carbocycles. The molecular formula is C14H18BrN3S. The van der Waals surface area contributed by atoms with Crippen LogP contribution >= 0.6 is 27.3 Å². The van der Waals surface area contributed by atoms with Crippen LogP contribution in [0, 0.1) is 5.92 Å². The van der Waals surface area contributed by atoms with E-state index in [1.54, 1.807) is 17.5 Å². The van der Waals surface area contributed by atoms with Gasteiger partial charge in [0.25, 0.3) is 0 Å². The van der Waals surface area contributed by atoms with E-state index < -0.39 is 0 Å². The van der Waals surface area contributed by atoms with Gasteiger partial charge in [-0.3, -0.25) is 4.98 Å². The minimum Gasteiger partial charge on any atom is -0.315 e. The Balaban J connectivity index is 2.39. The van der Waals surface area contributed by atoms with Crippen molar-refractivity contribution in [3.05, 3.63) is 33.4 Å². The van der Waals surface area contributed by atoms with E-state index in [4.69, 9.17) is 4.98 Å². The molecule has 2 aromatic rings. The van der Waals surface area contributed by atoms with E-state index in [9.17, 15) is 0 Å². The zero-order chi connectivity index (χ0) is 13.8. The minimum absolute atomic E-state index is 0.609. The maximum atomic E-state index is 4.79. The summed E-state index contributed by atoms with van der Waals surface area (Å²) >= 11 is 5.27. The molecule has 0 fully saturated rings. The number of hydrogen-bond acceptors (Lipinski definition) is 4. The van der Waals surface area contributed by atoms with E-state index in [0.29, 0.717) is 5.92 Å². The summed E-state index contributed by atoms with van der Waals surface area (Å²) in [5, 5.41) is 4.21. The van der Waals surface area contributed by atoms with Crippen molar-refractivity contribution < 1.29 is 0 Å². The third-order valence-corrected chi connectivity index (χ3v) is 4.42. The van der Waals surface area contributed by atoms with Gasteiger partial charge < -0.3 is 5.32 Å². The maximum Gasteiger partial charge on any atom is 0.143 e. The largest absolute Gasteiger partial charge is 0.315 e. The first-order valence-electron chi connectivity index (χ1n) is 6.36. The van der Waals surface area contributed by atoms with Gasteiger partial charge in [-0.2, -0.15) is 0 Å². The minimum atomic E-state index is 0.609. The highest BCUT2D eigenvalue weighted by atomic mass is 79.9. The van der Waals surface area contributed by atoms with Gasteiger partial charge >= 0.3 is 0 Å². The topological polar surface area (TPSA) is 37.8 Å². The molecular weight excluding hydrogens is 322 g/mol. The van der Waals surface area contributed by atoms with Crippen LogP contribution in [-0.2, 0) is 13.0 Å². The third-order valence-electron chi connectivity index (χ3n) is 2.68. The van der Waals surface area contributed by atoms with Gasteiger partial charge in [-0.15, -0.1) is 11.3 Å². The summed E-state index contributed by atoms with van der Waals surface area (Å²) in [6.45, 7) is 5.31. The monoisotopic (exact) mass is 339 g/mol. The SMILES string of the molecule is CNCc1sc(-c2ncccc2Br)nc1CC(C)C. The Kier molecular flexibility index (Phi) is 5.07. The van der Waals surface area contributed by atoms with E-state index in [-0.39, 0.29) is 0 Å². The van der Waals surface area contributed by atoms with Crippen LogP contribution in [0.1, 0.15) is 24.4 Å². The smallest absolute Gasteiger partial charge is 0.143 e. The van der Waals surface area contributed by atoms with E-state index in [2.05, 4.69) is 40.1 Å². The molecule has 0 bridgehead atoms. The molecule has 0 aliphatic heterocycles. The second-order valence-electron chi connectivity index (χ2n) is 4.85. The molecule has 102 valence electrons. The average molecular weight is 340 g/mol. The number of pyridine rings is 1. The summed E-state index contributed by atoms with van der Waals surface area (Å²) < 4.78 is 0.996. The Morgan fingerprint density at radius 2 is 2.21 bits per heavy atom. The fourth-order valence-corrected chi connectivity index (χ4v) is 3.56. The zero-order valence-electron chi connectivity index (χ0n) is 11.4. The number of aromatic nitrogens is 2. The molecule has 0 radical (unpaired) electrons. The Morgan fingerprint density at radius 1 is 1.42 bits per heavy atom. The second kappa shape index (κ2) is 6.59. The number of nitrogens with zero attached hydrogens (tertiary/aromatic N) is 2. The highest BCUT2D eigenvalue weighted by Gasteiger charge is 2.15. The van der Waals surface area contributed by atoms with Crippen LogP contribution in [0.4, 0.5) is 0 Å². The molecule has 0 saturated heterocycles. The Hall–Kier alpha value is -0.780. The zero-order valence-corrected chi connectivity index (χ0v) is 13.8. The number of thiazole rings is 1. The molecule has 2 heterocycles. The molecule has 19 heavy (non-hydrogen) atoms. The summed E-state index contributed by atoms with van der Waals surface area (Å²) in [5.74, 6) is 0.609. The predicted octanol–water partition coefficient (Wildman–Crippen LogP) is 3.89. The molecule has 0 aliphatic carbocycles. The van der Waals surface area contributed by atoms with E-state index in [1.807, 2.05) is 19.2 Å². The summed E-state index contributed by atoms with van der Waals surface area (Å²) in [6.07, 6.45) is 2.82. The van der Waals surface area contributed by atoms with Gasteiger partial charge in [0.2, 0.25) is 0 Å². The molecule has 1 N–H and O–H groups in total. The molecule has 0 atom stereocenters. The first-order valence-corrected chi connectivity index (χ1v) is 7.96. The van der Waals surface area contributed by atoms with Crippen molar-refractivity contribution in [1.82, 2.24) is 15.3 Å². The van der Waals surface area contributed by atoms with Gasteiger partial charge in [0.1, 0.15) is 10.7 Å². The normalized spacial score (nSPS) is 11.2. The molecule has 0 amide bonds. The lowest BCUT2D eigenvalue weighted by atomic mass is 10.1. The van der Waals surface area contributed by atoms with Crippen LogP contribution < -0.4 is 5.32 Å².